The summed E-state index contributed by atoms with van der Waals surface area (Å²) in [7, 11) is -3.48. The van der Waals surface area contributed by atoms with Crippen molar-refractivity contribution in [2.24, 2.45) is 0 Å². The monoisotopic (exact) mass is 475 g/mol. The van der Waals surface area contributed by atoms with Crippen molar-refractivity contribution in [1.82, 2.24) is 24.1 Å². The van der Waals surface area contributed by atoms with E-state index in [1.54, 1.807) is 16.4 Å². The summed E-state index contributed by atoms with van der Waals surface area (Å²) in [5.74, 6) is 0.888. The maximum absolute atomic E-state index is 13.0. The van der Waals surface area contributed by atoms with Gasteiger partial charge in [0.15, 0.2) is 0 Å². The van der Waals surface area contributed by atoms with Gasteiger partial charge in [-0.3, -0.25) is 9.69 Å². The fourth-order valence-electron chi connectivity index (χ4n) is 5.15. The zero-order chi connectivity index (χ0) is 23.4. The Balaban J connectivity index is 1.46. The Labute approximate surface area is 197 Å². The van der Waals surface area contributed by atoms with Crippen molar-refractivity contribution in [3.63, 3.8) is 0 Å². The van der Waals surface area contributed by atoms with Crippen LogP contribution in [0.1, 0.15) is 58.2 Å². The molecule has 1 aromatic carbocycles. The van der Waals surface area contributed by atoms with Crippen LogP contribution < -0.4 is 5.32 Å². The van der Waals surface area contributed by atoms with E-state index >= 15 is 0 Å². The van der Waals surface area contributed by atoms with Crippen molar-refractivity contribution in [2.45, 2.75) is 76.3 Å². The van der Waals surface area contributed by atoms with E-state index in [1.165, 1.54) is 6.42 Å². The lowest BCUT2D eigenvalue weighted by molar-refractivity contribution is -0.121. The third-order valence-electron chi connectivity index (χ3n) is 6.96. The topological polar surface area (TPSA) is 87.5 Å². The standard InChI is InChI=1S/C24H37N5O3S/c1-3-13-29-22-10-9-20(33(31,32)28-15-5-6-16-28)17-21(22)26-23(29)11-12-24(30)25-18-19-8-7-14-27(19)4-2/h9-10,17,19H,3-8,11-16,18H2,1-2H3,(H,25,30). The fourth-order valence-corrected chi connectivity index (χ4v) is 6.69. The van der Waals surface area contributed by atoms with Crippen molar-refractivity contribution >= 4 is 27.0 Å². The van der Waals surface area contributed by atoms with Gasteiger partial charge in [-0.25, -0.2) is 13.4 Å². The van der Waals surface area contributed by atoms with Gasteiger partial charge >= 0.3 is 0 Å². The quantitative estimate of drug-likeness (QED) is 0.571. The molecule has 2 aromatic rings. The number of carbonyl (C=O) groups is 1. The number of benzene rings is 1. The minimum Gasteiger partial charge on any atom is -0.355 e. The number of hydrogen-bond acceptors (Lipinski definition) is 5. The second-order valence-electron chi connectivity index (χ2n) is 9.17. The van der Waals surface area contributed by atoms with Crippen LogP contribution in [0, 0.1) is 0 Å². The molecule has 2 fully saturated rings. The molecule has 182 valence electrons. The minimum atomic E-state index is -3.48. The number of rotatable bonds is 10. The average Bonchev–Trinajstić information content (AvgIpc) is 3.56. The van der Waals surface area contributed by atoms with Crippen molar-refractivity contribution in [3.8, 4) is 0 Å². The number of hydrogen-bond donors (Lipinski definition) is 1. The molecule has 0 radical (unpaired) electrons. The van der Waals surface area contributed by atoms with Gasteiger partial charge in [-0.05, 0) is 63.4 Å². The molecule has 1 N–H and O–H groups in total. The molecule has 1 amide bonds. The molecule has 1 atom stereocenters. The van der Waals surface area contributed by atoms with Crippen molar-refractivity contribution < 1.29 is 13.2 Å². The first kappa shape index (κ1) is 24.2. The third-order valence-corrected chi connectivity index (χ3v) is 8.86. The second-order valence-corrected chi connectivity index (χ2v) is 11.1. The summed E-state index contributed by atoms with van der Waals surface area (Å²) < 4.78 is 29.6. The molecule has 3 heterocycles. The Morgan fingerprint density at radius 2 is 1.94 bits per heavy atom. The number of likely N-dealkylation sites (N-methyl/N-ethyl adjacent to an activating group) is 1. The molecule has 0 saturated carbocycles. The molecule has 33 heavy (non-hydrogen) atoms. The minimum absolute atomic E-state index is 0.0466. The summed E-state index contributed by atoms with van der Waals surface area (Å²) in [5, 5.41) is 3.10. The van der Waals surface area contributed by atoms with Gasteiger partial charge in [0.05, 0.1) is 15.9 Å². The van der Waals surface area contributed by atoms with Crippen molar-refractivity contribution in [2.75, 3.05) is 32.7 Å². The zero-order valence-electron chi connectivity index (χ0n) is 19.9. The fraction of sp³-hybridized carbons (Fsp3) is 0.667. The van der Waals surface area contributed by atoms with Crippen molar-refractivity contribution in [3.05, 3.63) is 24.0 Å². The molecule has 2 saturated heterocycles. The molecule has 0 spiro atoms. The summed E-state index contributed by atoms with van der Waals surface area (Å²) >= 11 is 0. The first-order valence-electron chi connectivity index (χ1n) is 12.4. The van der Waals surface area contributed by atoms with Crippen LogP contribution in [0.2, 0.25) is 0 Å². The Kier molecular flexibility index (Phi) is 7.71. The molecule has 0 aliphatic carbocycles. The van der Waals surface area contributed by atoms with Crippen LogP contribution in [-0.4, -0.2) is 71.8 Å². The smallest absolute Gasteiger partial charge is 0.243 e. The van der Waals surface area contributed by atoms with Crippen LogP contribution in [0.15, 0.2) is 23.1 Å². The highest BCUT2D eigenvalue weighted by Crippen LogP contribution is 2.26. The van der Waals surface area contributed by atoms with E-state index in [2.05, 4.69) is 28.6 Å². The Morgan fingerprint density at radius 1 is 1.15 bits per heavy atom. The summed E-state index contributed by atoms with van der Waals surface area (Å²) in [6.07, 6.45) is 6.02. The van der Waals surface area contributed by atoms with Gasteiger partial charge in [0, 0.05) is 45.1 Å². The van der Waals surface area contributed by atoms with Gasteiger partial charge in [0.25, 0.3) is 0 Å². The number of fused-ring (bicyclic) bond motifs is 1. The van der Waals surface area contributed by atoms with E-state index in [4.69, 9.17) is 4.98 Å². The van der Waals surface area contributed by atoms with Crippen LogP contribution in [0.25, 0.3) is 11.0 Å². The molecule has 2 aliphatic rings. The van der Waals surface area contributed by atoms with E-state index < -0.39 is 10.0 Å². The SMILES string of the molecule is CCCn1c(CCC(=O)NCC2CCCN2CC)nc2cc(S(=O)(=O)N3CCCC3)ccc21. The Bertz CT molecular complexity index is 1080. The highest BCUT2D eigenvalue weighted by molar-refractivity contribution is 7.89. The first-order valence-corrected chi connectivity index (χ1v) is 13.9. The lowest BCUT2D eigenvalue weighted by atomic mass is 10.2. The van der Waals surface area contributed by atoms with Crippen LogP contribution in [0.3, 0.4) is 0 Å². The molecular formula is C24H37N5O3S. The van der Waals surface area contributed by atoms with Gasteiger partial charge < -0.3 is 9.88 Å². The number of nitrogens with one attached hydrogen (secondary N) is 1. The molecule has 9 heteroatoms. The molecular weight excluding hydrogens is 438 g/mol. The van der Waals surface area contributed by atoms with Gasteiger partial charge in [0.1, 0.15) is 5.82 Å². The largest absolute Gasteiger partial charge is 0.355 e. The number of aromatic nitrogens is 2. The van der Waals surface area contributed by atoms with Gasteiger partial charge in [-0.2, -0.15) is 4.31 Å². The number of likely N-dealkylation sites (tertiary alicyclic amines) is 1. The summed E-state index contributed by atoms with van der Waals surface area (Å²) in [6.45, 7) is 9.08. The summed E-state index contributed by atoms with van der Waals surface area (Å²) in [4.78, 5) is 20.0. The number of nitrogens with zero attached hydrogens (tertiary/aromatic N) is 4. The second kappa shape index (κ2) is 10.5. The highest BCUT2D eigenvalue weighted by atomic mass is 32.2. The van der Waals surface area contributed by atoms with Crippen LogP contribution in [0.5, 0.6) is 0 Å². The molecule has 1 unspecified atom stereocenters. The van der Waals surface area contributed by atoms with Gasteiger partial charge in [0.2, 0.25) is 15.9 Å². The maximum Gasteiger partial charge on any atom is 0.243 e. The third kappa shape index (κ3) is 5.25. The Morgan fingerprint density at radius 3 is 2.67 bits per heavy atom. The van der Waals surface area contributed by atoms with E-state index in [-0.39, 0.29) is 5.91 Å². The molecule has 0 bridgehead atoms. The molecule has 2 aliphatic heterocycles. The lowest BCUT2D eigenvalue weighted by Gasteiger charge is -2.22. The first-order chi connectivity index (χ1) is 15.9. The van der Waals surface area contributed by atoms with Gasteiger partial charge in [-0.1, -0.05) is 13.8 Å². The average molecular weight is 476 g/mol. The summed E-state index contributed by atoms with van der Waals surface area (Å²) in [5.41, 5.74) is 1.61. The molecule has 4 rings (SSSR count). The van der Waals surface area contributed by atoms with E-state index in [0.717, 1.165) is 56.7 Å². The van der Waals surface area contributed by atoms with E-state index in [0.29, 0.717) is 48.9 Å². The van der Waals surface area contributed by atoms with Crippen LogP contribution >= 0.6 is 0 Å². The van der Waals surface area contributed by atoms with Crippen molar-refractivity contribution in [1.29, 1.82) is 0 Å². The number of carbonyl (C=O) groups excluding carboxylic acids is 1. The van der Waals surface area contributed by atoms with Crippen LogP contribution in [0.4, 0.5) is 0 Å². The number of aryl methyl sites for hydroxylation is 2. The molecule has 1 aromatic heterocycles. The number of imidazole rings is 1. The summed E-state index contributed by atoms with van der Waals surface area (Å²) in [6, 6.07) is 5.70. The Hall–Kier alpha value is -1.97. The zero-order valence-corrected chi connectivity index (χ0v) is 20.7. The normalized spacial score (nSPS) is 20.1. The predicted octanol–water partition coefficient (Wildman–Crippen LogP) is 2.76. The maximum atomic E-state index is 13.0. The number of amides is 1. The lowest BCUT2D eigenvalue weighted by Crippen LogP contribution is -2.40. The van der Waals surface area contributed by atoms with E-state index in [1.807, 2.05) is 6.07 Å². The van der Waals surface area contributed by atoms with E-state index in [9.17, 15) is 13.2 Å². The highest BCUT2D eigenvalue weighted by Gasteiger charge is 2.28. The van der Waals surface area contributed by atoms with Gasteiger partial charge in [-0.15, -0.1) is 0 Å². The van der Waals surface area contributed by atoms with Crippen LogP contribution in [-0.2, 0) is 27.8 Å². The number of sulfonamides is 1. The molecule has 8 nitrogen and oxygen atoms in total. The predicted molar refractivity (Wildman–Crippen MR) is 130 cm³/mol.